The van der Waals surface area contributed by atoms with Crippen molar-refractivity contribution in [3.05, 3.63) is 45.3 Å². The Hall–Kier alpha value is -1.79. The molecule has 0 saturated carbocycles. The van der Waals surface area contributed by atoms with Gasteiger partial charge in [-0.25, -0.2) is 4.39 Å². The van der Waals surface area contributed by atoms with E-state index < -0.39 is 10.7 Å². The van der Waals surface area contributed by atoms with Crippen molar-refractivity contribution in [3.63, 3.8) is 0 Å². The molecule has 0 fully saturated rings. The fraction of sp³-hybridized carbons (Fsp3) is 0.385. The van der Waals surface area contributed by atoms with Crippen LogP contribution in [0, 0.1) is 15.9 Å². The van der Waals surface area contributed by atoms with E-state index in [-0.39, 0.29) is 11.3 Å². The monoisotopic (exact) mass is 268 g/mol. The fourth-order valence-electron chi connectivity index (χ4n) is 1.53. The number of nitro benzene ring substituents is 1. The molecule has 1 N–H and O–H groups in total. The molecule has 0 radical (unpaired) electrons. The van der Waals surface area contributed by atoms with E-state index in [0.29, 0.717) is 19.7 Å². The van der Waals surface area contributed by atoms with Gasteiger partial charge in [0.2, 0.25) is 0 Å². The first-order valence-corrected chi connectivity index (χ1v) is 5.85. The highest BCUT2D eigenvalue weighted by atomic mass is 19.1. The number of nitro groups is 1. The normalized spacial score (nSPS) is 11.6. The molecule has 0 saturated heterocycles. The SMILES string of the molecule is COCCNC/C(C)=C/c1cc([N+](=O)[O-])ccc1F. The van der Waals surface area contributed by atoms with Crippen LogP contribution >= 0.6 is 0 Å². The molecule has 0 spiro atoms. The van der Waals surface area contributed by atoms with Crippen molar-refractivity contribution in [2.45, 2.75) is 6.92 Å². The number of nitrogens with one attached hydrogen (secondary N) is 1. The summed E-state index contributed by atoms with van der Waals surface area (Å²) < 4.78 is 18.4. The predicted molar refractivity (Wildman–Crippen MR) is 71.5 cm³/mol. The van der Waals surface area contributed by atoms with E-state index in [1.165, 1.54) is 6.07 Å². The number of methoxy groups -OCH3 is 1. The maximum Gasteiger partial charge on any atom is 0.270 e. The van der Waals surface area contributed by atoms with E-state index in [1.807, 2.05) is 6.92 Å². The quantitative estimate of drug-likeness (QED) is 0.468. The van der Waals surface area contributed by atoms with Gasteiger partial charge in [0.15, 0.2) is 0 Å². The Morgan fingerprint density at radius 2 is 2.32 bits per heavy atom. The van der Waals surface area contributed by atoms with Crippen LogP contribution in [0.1, 0.15) is 12.5 Å². The molecule has 0 aliphatic heterocycles. The third kappa shape index (κ3) is 5.15. The molecule has 1 aromatic carbocycles. The van der Waals surface area contributed by atoms with Gasteiger partial charge in [-0.15, -0.1) is 0 Å². The Labute approximate surface area is 111 Å². The second-order valence-corrected chi connectivity index (χ2v) is 4.12. The van der Waals surface area contributed by atoms with Gasteiger partial charge in [0.25, 0.3) is 5.69 Å². The number of nitrogens with zero attached hydrogens (tertiary/aromatic N) is 1. The molecule has 0 amide bonds. The zero-order valence-electron chi connectivity index (χ0n) is 11.0. The summed E-state index contributed by atoms with van der Waals surface area (Å²) in [6, 6.07) is 3.49. The third-order valence-electron chi connectivity index (χ3n) is 2.48. The Morgan fingerprint density at radius 3 is 2.95 bits per heavy atom. The summed E-state index contributed by atoms with van der Waals surface area (Å²) in [6.07, 6.45) is 1.60. The van der Waals surface area contributed by atoms with E-state index in [0.717, 1.165) is 17.7 Å². The van der Waals surface area contributed by atoms with E-state index in [1.54, 1.807) is 13.2 Å². The van der Waals surface area contributed by atoms with Gasteiger partial charge in [-0.05, 0) is 13.0 Å². The molecule has 0 aliphatic carbocycles. The van der Waals surface area contributed by atoms with Crippen molar-refractivity contribution in [2.24, 2.45) is 0 Å². The van der Waals surface area contributed by atoms with Crippen LogP contribution in [0.3, 0.4) is 0 Å². The highest BCUT2D eigenvalue weighted by Gasteiger charge is 2.09. The molecule has 104 valence electrons. The van der Waals surface area contributed by atoms with Gasteiger partial charge in [0, 0.05) is 37.9 Å². The molecule has 0 atom stereocenters. The Kier molecular flexibility index (Phi) is 6.11. The molecule has 0 aliphatic rings. The molecular formula is C13H17FN2O3. The average Bonchev–Trinajstić information content (AvgIpc) is 2.37. The summed E-state index contributed by atoms with van der Waals surface area (Å²) in [6.45, 7) is 3.70. The zero-order valence-corrected chi connectivity index (χ0v) is 11.0. The van der Waals surface area contributed by atoms with Crippen molar-refractivity contribution in [1.29, 1.82) is 0 Å². The molecule has 1 rings (SSSR count). The Bertz CT molecular complexity index is 475. The average molecular weight is 268 g/mol. The first-order valence-electron chi connectivity index (χ1n) is 5.85. The second-order valence-electron chi connectivity index (χ2n) is 4.12. The molecular weight excluding hydrogens is 251 g/mol. The summed E-state index contributed by atoms with van der Waals surface area (Å²) in [5.41, 5.74) is 0.989. The predicted octanol–water partition coefficient (Wildman–Crippen LogP) is 2.37. The van der Waals surface area contributed by atoms with E-state index in [2.05, 4.69) is 5.32 Å². The van der Waals surface area contributed by atoms with Gasteiger partial charge in [-0.3, -0.25) is 10.1 Å². The number of non-ortho nitro benzene ring substituents is 1. The number of benzene rings is 1. The molecule has 0 aromatic heterocycles. The van der Waals surface area contributed by atoms with Crippen LogP contribution in [0.5, 0.6) is 0 Å². The molecule has 5 nitrogen and oxygen atoms in total. The molecule has 6 heteroatoms. The summed E-state index contributed by atoms with van der Waals surface area (Å²) in [7, 11) is 1.61. The maximum atomic E-state index is 13.5. The lowest BCUT2D eigenvalue weighted by Crippen LogP contribution is -2.20. The fourth-order valence-corrected chi connectivity index (χ4v) is 1.53. The molecule has 1 aromatic rings. The molecule has 0 unspecified atom stereocenters. The van der Waals surface area contributed by atoms with Crippen molar-refractivity contribution in [3.8, 4) is 0 Å². The lowest BCUT2D eigenvalue weighted by molar-refractivity contribution is -0.384. The van der Waals surface area contributed by atoms with Crippen LogP contribution in [0.2, 0.25) is 0 Å². The van der Waals surface area contributed by atoms with Gasteiger partial charge < -0.3 is 10.1 Å². The summed E-state index contributed by atoms with van der Waals surface area (Å²) in [5, 5.41) is 13.7. The number of hydrogen-bond acceptors (Lipinski definition) is 4. The Balaban J connectivity index is 2.73. The minimum Gasteiger partial charge on any atom is -0.383 e. The first kappa shape index (κ1) is 15.3. The van der Waals surface area contributed by atoms with Gasteiger partial charge >= 0.3 is 0 Å². The molecule has 0 bridgehead atoms. The van der Waals surface area contributed by atoms with Crippen LogP contribution < -0.4 is 5.32 Å². The highest BCUT2D eigenvalue weighted by molar-refractivity contribution is 5.56. The van der Waals surface area contributed by atoms with Crippen molar-refractivity contribution >= 4 is 11.8 Å². The number of rotatable bonds is 7. The number of halogens is 1. The number of ether oxygens (including phenoxy) is 1. The van der Waals surface area contributed by atoms with Gasteiger partial charge in [0.05, 0.1) is 11.5 Å². The van der Waals surface area contributed by atoms with Gasteiger partial charge in [-0.2, -0.15) is 0 Å². The van der Waals surface area contributed by atoms with Crippen LogP contribution in [0.25, 0.3) is 6.08 Å². The summed E-state index contributed by atoms with van der Waals surface area (Å²) in [4.78, 5) is 10.1. The van der Waals surface area contributed by atoms with E-state index in [4.69, 9.17) is 4.74 Å². The van der Waals surface area contributed by atoms with Gasteiger partial charge in [-0.1, -0.05) is 11.6 Å². The zero-order chi connectivity index (χ0) is 14.3. The summed E-state index contributed by atoms with van der Waals surface area (Å²) in [5.74, 6) is -0.471. The van der Waals surface area contributed by atoms with Crippen LogP contribution in [-0.4, -0.2) is 31.7 Å². The van der Waals surface area contributed by atoms with Crippen molar-refractivity contribution < 1.29 is 14.1 Å². The highest BCUT2D eigenvalue weighted by Crippen LogP contribution is 2.19. The smallest absolute Gasteiger partial charge is 0.270 e. The largest absolute Gasteiger partial charge is 0.383 e. The lowest BCUT2D eigenvalue weighted by atomic mass is 10.1. The standard InChI is InChI=1S/C13H17FN2O3/c1-10(9-15-5-6-19-2)7-11-8-12(16(17)18)3-4-13(11)14/h3-4,7-8,15H,5-6,9H2,1-2H3/b10-7+. The minimum absolute atomic E-state index is 0.118. The molecule has 0 heterocycles. The van der Waals surface area contributed by atoms with Crippen LogP contribution in [0.15, 0.2) is 23.8 Å². The lowest BCUT2D eigenvalue weighted by Gasteiger charge is -2.05. The van der Waals surface area contributed by atoms with E-state index >= 15 is 0 Å². The summed E-state index contributed by atoms with van der Waals surface area (Å²) >= 11 is 0. The van der Waals surface area contributed by atoms with Crippen LogP contribution in [0.4, 0.5) is 10.1 Å². The third-order valence-corrected chi connectivity index (χ3v) is 2.48. The maximum absolute atomic E-state index is 13.5. The minimum atomic E-state index is -0.539. The van der Waals surface area contributed by atoms with Crippen LogP contribution in [-0.2, 0) is 4.74 Å². The van der Waals surface area contributed by atoms with Crippen molar-refractivity contribution in [1.82, 2.24) is 5.32 Å². The van der Waals surface area contributed by atoms with Crippen molar-refractivity contribution in [2.75, 3.05) is 26.8 Å². The first-order chi connectivity index (χ1) is 9.04. The number of hydrogen-bond donors (Lipinski definition) is 1. The topological polar surface area (TPSA) is 64.4 Å². The second kappa shape index (κ2) is 7.60. The van der Waals surface area contributed by atoms with Gasteiger partial charge in [0.1, 0.15) is 5.82 Å². The molecule has 19 heavy (non-hydrogen) atoms. The Morgan fingerprint density at radius 1 is 1.58 bits per heavy atom. The van der Waals surface area contributed by atoms with E-state index in [9.17, 15) is 14.5 Å².